The molecule has 0 radical (unpaired) electrons. The Balaban J connectivity index is 1.61. The molecule has 0 unspecified atom stereocenters. The van der Waals surface area contributed by atoms with Crippen LogP contribution in [0.2, 0.25) is 0 Å². The molecule has 0 spiro atoms. The topological polar surface area (TPSA) is 72.5 Å². The van der Waals surface area contributed by atoms with Crippen molar-refractivity contribution in [2.24, 2.45) is 0 Å². The van der Waals surface area contributed by atoms with Gasteiger partial charge in [0.2, 0.25) is 0 Å². The second-order valence-electron chi connectivity index (χ2n) is 6.26. The molecule has 0 atom stereocenters. The number of pyridine rings is 1. The summed E-state index contributed by atoms with van der Waals surface area (Å²) in [5, 5.41) is 6.01. The van der Waals surface area contributed by atoms with E-state index in [1.165, 1.54) is 19.2 Å². The molecule has 1 aromatic heterocycles. The molecular weight excluding hydrogens is 373 g/mol. The maximum atomic E-state index is 13.0. The van der Waals surface area contributed by atoms with Crippen molar-refractivity contribution in [3.63, 3.8) is 0 Å². The predicted octanol–water partition coefficient (Wildman–Crippen LogP) is 4.14. The Morgan fingerprint density at radius 3 is 2.48 bits per heavy atom. The normalized spacial score (nSPS) is 10.3. The number of hydrogen-bond acceptors (Lipinski definition) is 5. The number of ether oxygens (including phenoxy) is 2. The summed E-state index contributed by atoms with van der Waals surface area (Å²) in [6.45, 7) is 0.610. The maximum Gasteiger partial charge on any atom is 0.255 e. The minimum absolute atomic E-state index is 0.253. The first-order valence-corrected chi connectivity index (χ1v) is 9.07. The second kappa shape index (κ2) is 9.54. The lowest BCUT2D eigenvalue weighted by Crippen LogP contribution is -2.13. The summed E-state index contributed by atoms with van der Waals surface area (Å²) in [5.74, 6) is 1.19. The number of carbonyl (C=O) groups is 1. The summed E-state index contributed by atoms with van der Waals surface area (Å²) < 4.78 is 23.4. The highest BCUT2D eigenvalue weighted by Crippen LogP contribution is 2.29. The van der Waals surface area contributed by atoms with Gasteiger partial charge in [-0.15, -0.1) is 0 Å². The predicted molar refractivity (Wildman–Crippen MR) is 110 cm³/mol. The molecular formula is C22H22FN3O3. The smallest absolute Gasteiger partial charge is 0.255 e. The highest BCUT2D eigenvalue weighted by molar-refractivity contribution is 6.04. The van der Waals surface area contributed by atoms with E-state index >= 15 is 0 Å². The van der Waals surface area contributed by atoms with Crippen LogP contribution in [0.3, 0.4) is 0 Å². The van der Waals surface area contributed by atoms with Crippen LogP contribution in [0.15, 0.2) is 60.8 Å². The molecule has 2 N–H and O–H groups in total. The first-order valence-electron chi connectivity index (χ1n) is 9.07. The van der Waals surface area contributed by atoms with E-state index in [9.17, 15) is 9.18 Å². The molecule has 0 saturated heterocycles. The summed E-state index contributed by atoms with van der Waals surface area (Å²) in [6.07, 6.45) is 2.29. The Bertz CT molecular complexity index is 977. The average molecular weight is 395 g/mol. The molecule has 2 aromatic carbocycles. The summed E-state index contributed by atoms with van der Waals surface area (Å²) >= 11 is 0. The molecule has 6 nitrogen and oxygen atoms in total. The maximum absolute atomic E-state index is 13.0. The zero-order valence-electron chi connectivity index (χ0n) is 16.2. The zero-order chi connectivity index (χ0) is 20.6. The van der Waals surface area contributed by atoms with Crippen LogP contribution >= 0.6 is 0 Å². The average Bonchev–Trinajstić information content (AvgIpc) is 2.75. The van der Waals surface area contributed by atoms with Crippen LogP contribution in [0.5, 0.6) is 11.5 Å². The Labute approximate surface area is 168 Å². The van der Waals surface area contributed by atoms with Crippen LogP contribution in [0.4, 0.5) is 15.9 Å². The van der Waals surface area contributed by atoms with Gasteiger partial charge in [-0.2, -0.15) is 0 Å². The molecule has 1 heterocycles. The Hall–Kier alpha value is -3.61. The van der Waals surface area contributed by atoms with Gasteiger partial charge in [-0.1, -0.05) is 12.1 Å². The highest BCUT2D eigenvalue weighted by Gasteiger charge is 2.10. The number of benzene rings is 2. The van der Waals surface area contributed by atoms with E-state index in [1.807, 2.05) is 0 Å². The molecule has 0 saturated carbocycles. The lowest BCUT2D eigenvalue weighted by atomic mass is 10.1. The van der Waals surface area contributed by atoms with Crippen LogP contribution in [0.25, 0.3) is 0 Å². The molecule has 0 aliphatic carbocycles. The Kier molecular flexibility index (Phi) is 6.63. The molecule has 29 heavy (non-hydrogen) atoms. The van der Waals surface area contributed by atoms with Gasteiger partial charge in [0.1, 0.15) is 11.6 Å². The molecule has 3 aromatic rings. The monoisotopic (exact) mass is 395 g/mol. The van der Waals surface area contributed by atoms with E-state index in [0.717, 1.165) is 5.56 Å². The molecule has 0 bridgehead atoms. The van der Waals surface area contributed by atoms with Crippen LogP contribution in [-0.2, 0) is 6.42 Å². The third-order valence-corrected chi connectivity index (χ3v) is 4.30. The van der Waals surface area contributed by atoms with Crippen molar-refractivity contribution in [3.8, 4) is 11.5 Å². The molecule has 7 heteroatoms. The van der Waals surface area contributed by atoms with Crippen LogP contribution in [0, 0.1) is 5.82 Å². The Morgan fingerprint density at radius 1 is 1.00 bits per heavy atom. The minimum atomic E-state index is -0.263. The standard InChI is InChI=1S/C22H22FN3O3/c1-28-19-8-7-18(14-20(19)29-2)26-22(27)16-10-12-25-21(13-16)24-11-9-15-3-5-17(23)6-4-15/h3-8,10,12-14H,9,11H2,1-2H3,(H,24,25)(H,26,27). The molecule has 0 aliphatic rings. The van der Waals surface area contributed by atoms with Crippen molar-refractivity contribution in [2.75, 3.05) is 31.4 Å². The van der Waals surface area contributed by atoms with Gasteiger partial charge in [-0.25, -0.2) is 9.37 Å². The van der Waals surface area contributed by atoms with E-state index < -0.39 is 0 Å². The van der Waals surface area contributed by atoms with Crippen LogP contribution in [0.1, 0.15) is 15.9 Å². The lowest BCUT2D eigenvalue weighted by Gasteiger charge is -2.11. The molecule has 1 amide bonds. The summed E-state index contributed by atoms with van der Waals surface area (Å²) in [7, 11) is 3.09. The van der Waals surface area contributed by atoms with E-state index in [1.54, 1.807) is 55.8 Å². The van der Waals surface area contributed by atoms with Gasteiger partial charge in [0.25, 0.3) is 5.91 Å². The number of hydrogen-bond donors (Lipinski definition) is 2. The number of methoxy groups -OCH3 is 2. The van der Waals surface area contributed by atoms with Crippen molar-refractivity contribution in [1.29, 1.82) is 0 Å². The van der Waals surface area contributed by atoms with E-state index in [4.69, 9.17) is 9.47 Å². The van der Waals surface area contributed by atoms with E-state index in [2.05, 4.69) is 15.6 Å². The lowest BCUT2D eigenvalue weighted by molar-refractivity contribution is 0.102. The van der Waals surface area contributed by atoms with Gasteiger partial charge in [0.15, 0.2) is 11.5 Å². The molecule has 0 aliphatic heterocycles. The molecule has 3 rings (SSSR count). The quantitative estimate of drug-likeness (QED) is 0.600. The first kappa shape index (κ1) is 20.1. The SMILES string of the molecule is COc1ccc(NC(=O)c2ccnc(NCCc3ccc(F)cc3)c2)cc1OC. The third-order valence-electron chi connectivity index (χ3n) is 4.30. The van der Waals surface area contributed by atoms with Crippen molar-refractivity contribution < 1.29 is 18.7 Å². The largest absolute Gasteiger partial charge is 0.493 e. The van der Waals surface area contributed by atoms with Gasteiger partial charge < -0.3 is 20.1 Å². The number of carbonyl (C=O) groups excluding carboxylic acids is 1. The zero-order valence-corrected chi connectivity index (χ0v) is 16.2. The van der Waals surface area contributed by atoms with Gasteiger partial charge in [-0.05, 0) is 48.4 Å². The summed E-state index contributed by atoms with van der Waals surface area (Å²) in [5.41, 5.74) is 2.08. The van der Waals surface area contributed by atoms with E-state index in [-0.39, 0.29) is 11.7 Å². The molecule has 150 valence electrons. The number of nitrogens with one attached hydrogen (secondary N) is 2. The van der Waals surface area contributed by atoms with Gasteiger partial charge in [-0.3, -0.25) is 4.79 Å². The third kappa shape index (κ3) is 5.44. The van der Waals surface area contributed by atoms with Crippen molar-refractivity contribution >= 4 is 17.4 Å². The van der Waals surface area contributed by atoms with Crippen LogP contribution in [-0.4, -0.2) is 31.7 Å². The fourth-order valence-corrected chi connectivity index (χ4v) is 2.77. The summed E-state index contributed by atoms with van der Waals surface area (Å²) in [4.78, 5) is 16.8. The number of aromatic nitrogens is 1. The number of halogens is 1. The van der Waals surface area contributed by atoms with Gasteiger partial charge in [0, 0.05) is 30.1 Å². The van der Waals surface area contributed by atoms with Gasteiger partial charge >= 0.3 is 0 Å². The van der Waals surface area contributed by atoms with Crippen molar-refractivity contribution in [2.45, 2.75) is 6.42 Å². The van der Waals surface area contributed by atoms with Crippen molar-refractivity contribution in [3.05, 3.63) is 77.7 Å². The van der Waals surface area contributed by atoms with Gasteiger partial charge in [0.05, 0.1) is 14.2 Å². The second-order valence-corrected chi connectivity index (χ2v) is 6.26. The Morgan fingerprint density at radius 2 is 1.76 bits per heavy atom. The number of nitrogens with zero attached hydrogens (tertiary/aromatic N) is 1. The fraction of sp³-hybridized carbons (Fsp3) is 0.182. The number of amides is 1. The van der Waals surface area contributed by atoms with E-state index in [0.29, 0.717) is 41.5 Å². The molecule has 0 fully saturated rings. The van der Waals surface area contributed by atoms with Crippen molar-refractivity contribution in [1.82, 2.24) is 4.98 Å². The highest BCUT2D eigenvalue weighted by atomic mass is 19.1. The number of anilines is 2. The minimum Gasteiger partial charge on any atom is -0.493 e. The number of rotatable bonds is 8. The summed E-state index contributed by atoms with van der Waals surface area (Å²) in [6, 6.07) is 14.8. The fourth-order valence-electron chi connectivity index (χ4n) is 2.77. The van der Waals surface area contributed by atoms with Crippen LogP contribution < -0.4 is 20.1 Å². The first-order chi connectivity index (χ1) is 14.1.